The van der Waals surface area contributed by atoms with Crippen molar-refractivity contribution in [2.45, 2.75) is 18.2 Å². The van der Waals surface area contributed by atoms with Crippen LogP contribution in [0.4, 0.5) is 0 Å². The second-order valence-electron chi connectivity index (χ2n) is 5.79. The molecule has 0 aromatic carbocycles. The highest BCUT2D eigenvalue weighted by Gasteiger charge is 2.66. The number of hydrogen-bond acceptors (Lipinski definition) is 4. The second kappa shape index (κ2) is 4.14. The van der Waals surface area contributed by atoms with E-state index in [1.807, 2.05) is 18.2 Å². The summed E-state index contributed by atoms with van der Waals surface area (Å²) < 4.78 is 5.83. The van der Waals surface area contributed by atoms with Gasteiger partial charge < -0.3 is 14.7 Å². The first-order chi connectivity index (χ1) is 10.1. The molecular weight excluding hydrogens is 272 g/mol. The van der Waals surface area contributed by atoms with Gasteiger partial charge in [0.25, 0.3) is 0 Å². The van der Waals surface area contributed by atoms with Gasteiger partial charge in [-0.25, -0.2) is 0 Å². The molecule has 4 rings (SSSR count). The van der Waals surface area contributed by atoms with Gasteiger partial charge in [-0.05, 0) is 17.7 Å². The van der Waals surface area contributed by atoms with E-state index in [9.17, 15) is 14.7 Å². The van der Waals surface area contributed by atoms with Gasteiger partial charge in [0.15, 0.2) is 0 Å². The van der Waals surface area contributed by atoms with Crippen LogP contribution in [0.5, 0.6) is 0 Å². The van der Waals surface area contributed by atoms with Gasteiger partial charge in [-0.2, -0.15) is 0 Å². The van der Waals surface area contributed by atoms with Crippen molar-refractivity contribution >= 4 is 11.9 Å². The summed E-state index contributed by atoms with van der Waals surface area (Å²) in [5.41, 5.74) is 0.220. The number of carboxylic acids is 1. The largest absolute Gasteiger partial charge is 0.481 e. The second-order valence-corrected chi connectivity index (χ2v) is 5.79. The lowest BCUT2D eigenvalue weighted by Crippen LogP contribution is -2.39. The first kappa shape index (κ1) is 12.5. The summed E-state index contributed by atoms with van der Waals surface area (Å²) in [4.78, 5) is 29.7. The fourth-order valence-corrected chi connectivity index (χ4v) is 3.70. The van der Waals surface area contributed by atoms with Crippen LogP contribution in [0.2, 0.25) is 0 Å². The van der Waals surface area contributed by atoms with E-state index in [4.69, 9.17) is 4.74 Å². The normalized spacial score (nSPS) is 36.3. The molecule has 1 aromatic heterocycles. The molecule has 1 aromatic rings. The molecule has 21 heavy (non-hydrogen) atoms. The zero-order chi connectivity index (χ0) is 14.6. The highest BCUT2D eigenvalue weighted by molar-refractivity contribution is 5.90. The van der Waals surface area contributed by atoms with Gasteiger partial charge in [0.1, 0.15) is 11.5 Å². The Morgan fingerprint density at radius 3 is 2.95 bits per heavy atom. The third-order valence-electron chi connectivity index (χ3n) is 4.59. The molecule has 0 radical (unpaired) electrons. The molecule has 2 fully saturated rings. The Hall–Kier alpha value is -2.21. The zero-order valence-electron chi connectivity index (χ0n) is 11.2. The van der Waals surface area contributed by atoms with Gasteiger partial charge >= 0.3 is 5.97 Å². The van der Waals surface area contributed by atoms with Crippen LogP contribution < -0.4 is 0 Å². The van der Waals surface area contributed by atoms with Gasteiger partial charge in [0, 0.05) is 18.9 Å². The van der Waals surface area contributed by atoms with Crippen molar-refractivity contribution in [2.75, 3.05) is 6.54 Å². The Labute approximate surface area is 121 Å². The summed E-state index contributed by atoms with van der Waals surface area (Å²) in [5.74, 6) is -2.47. The summed E-state index contributed by atoms with van der Waals surface area (Å²) in [6, 6.07) is 3.70. The minimum atomic E-state index is -0.963. The van der Waals surface area contributed by atoms with Crippen LogP contribution in [0.25, 0.3) is 0 Å². The first-order valence-electron chi connectivity index (χ1n) is 6.88. The molecule has 3 aliphatic rings. The van der Waals surface area contributed by atoms with Crippen molar-refractivity contribution in [2.24, 2.45) is 11.8 Å². The number of aliphatic carboxylic acids is 1. The van der Waals surface area contributed by atoms with Crippen LogP contribution in [0, 0.1) is 11.8 Å². The molecule has 108 valence electrons. The maximum absolute atomic E-state index is 12.6. The Kier molecular flexibility index (Phi) is 2.47. The average molecular weight is 286 g/mol. The number of rotatable bonds is 3. The number of likely N-dealkylation sites (tertiary alicyclic amines) is 1. The number of amides is 1. The standard InChI is InChI=1S/C15H14N2O4/c18-13-12-11(14(19)20)10-1-4-15(12,21-10)8-17(13)7-9-2-5-16-6-3-9/h1-6,10-12H,7-8H2,(H,19,20)/t10-,11-,12-,15-/m1/s1. The summed E-state index contributed by atoms with van der Waals surface area (Å²) in [5, 5.41) is 9.38. The SMILES string of the molecule is O=C(O)[C@@H]1[C@H]2C=C[C@]3(CN(Cc4ccncc4)C(=O)[C@@H]13)O2. The number of carboxylic acid groups (broad SMARTS) is 1. The van der Waals surface area contributed by atoms with Crippen LogP contribution >= 0.6 is 0 Å². The topological polar surface area (TPSA) is 79.7 Å². The molecule has 4 atom stereocenters. The summed E-state index contributed by atoms with van der Waals surface area (Å²) >= 11 is 0. The van der Waals surface area contributed by atoms with Crippen molar-refractivity contribution in [3.8, 4) is 0 Å². The van der Waals surface area contributed by atoms with Gasteiger partial charge in [-0.1, -0.05) is 12.2 Å². The van der Waals surface area contributed by atoms with E-state index in [0.717, 1.165) is 5.56 Å². The molecule has 2 saturated heterocycles. The van der Waals surface area contributed by atoms with Crippen LogP contribution in [-0.2, 0) is 20.9 Å². The summed E-state index contributed by atoms with van der Waals surface area (Å²) in [7, 11) is 0. The van der Waals surface area contributed by atoms with Crippen LogP contribution in [0.1, 0.15) is 5.56 Å². The molecule has 4 heterocycles. The first-order valence-corrected chi connectivity index (χ1v) is 6.88. The van der Waals surface area contributed by atoms with Gasteiger partial charge in [0.05, 0.1) is 18.6 Å². The number of aromatic nitrogens is 1. The Morgan fingerprint density at radius 1 is 1.48 bits per heavy atom. The lowest BCUT2D eigenvalue weighted by Gasteiger charge is -2.21. The average Bonchev–Trinajstić information content (AvgIpc) is 3.09. The van der Waals surface area contributed by atoms with E-state index in [1.54, 1.807) is 23.4 Å². The molecule has 0 saturated carbocycles. The van der Waals surface area contributed by atoms with Crippen molar-refractivity contribution < 1.29 is 19.4 Å². The highest BCUT2D eigenvalue weighted by atomic mass is 16.5. The minimum absolute atomic E-state index is 0.133. The highest BCUT2D eigenvalue weighted by Crippen LogP contribution is 2.52. The smallest absolute Gasteiger partial charge is 0.310 e. The van der Waals surface area contributed by atoms with E-state index >= 15 is 0 Å². The number of pyridine rings is 1. The lowest BCUT2D eigenvalue weighted by atomic mass is 9.77. The van der Waals surface area contributed by atoms with Gasteiger partial charge in [0.2, 0.25) is 5.91 Å². The Balaban J connectivity index is 1.63. The summed E-state index contributed by atoms with van der Waals surface area (Å²) in [6.07, 6.45) is 6.53. The number of carbonyl (C=O) groups is 2. The van der Waals surface area contributed by atoms with Gasteiger partial charge in [-0.3, -0.25) is 14.6 Å². The maximum atomic E-state index is 12.6. The van der Waals surface area contributed by atoms with E-state index in [2.05, 4.69) is 4.98 Å². The molecule has 1 spiro atoms. The molecule has 6 heteroatoms. The molecule has 1 N–H and O–H groups in total. The van der Waals surface area contributed by atoms with Crippen molar-refractivity contribution in [3.05, 3.63) is 42.2 Å². The minimum Gasteiger partial charge on any atom is -0.481 e. The van der Waals surface area contributed by atoms with E-state index in [-0.39, 0.29) is 5.91 Å². The van der Waals surface area contributed by atoms with E-state index in [1.165, 1.54) is 0 Å². The molecule has 3 aliphatic heterocycles. The molecule has 0 unspecified atom stereocenters. The van der Waals surface area contributed by atoms with Crippen molar-refractivity contribution in [1.82, 2.24) is 9.88 Å². The van der Waals surface area contributed by atoms with Gasteiger partial charge in [-0.15, -0.1) is 0 Å². The van der Waals surface area contributed by atoms with Crippen molar-refractivity contribution in [3.63, 3.8) is 0 Å². The quantitative estimate of drug-likeness (QED) is 0.816. The molecule has 0 aliphatic carbocycles. The summed E-state index contributed by atoms with van der Waals surface area (Å²) in [6.45, 7) is 0.864. The Bertz CT molecular complexity index is 644. The van der Waals surface area contributed by atoms with Crippen molar-refractivity contribution in [1.29, 1.82) is 0 Å². The number of carbonyl (C=O) groups excluding carboxylic acids is 1. The molecule has 6 nitrogen and oxygen atoms in total. The monoisotopic (exact) mass is 286 g/mol. The van der Waals surface area contributed by atoms with Crippen LogP contribution in [0.3, 0.4) is 0 Å². The molecular formula is C15H14N2O4. The number of ether oxygens (including phenoxy) is 1. The third kappa shape index (κ3) is 1.65. The van der Waals surface area contributed by atoms with Crippen LogP contribution in [0.15, 0.2) is 36.7 Å². The maximum Gasteiger partial charge on any atom is 0.310 e. The van der Waals surface area contributed by atoms with E-state index in [0.29, 0.717) is 13.1 Å². The zero-order valence-corrected chi connectivity index (χ0v) is 11.2. The Morgan fingerprint density at radius 2 is 2.24 bits per heavy atom. The fraction of sp³-hybridized carbons (Fsp3) is 0.400. The number of hydrogen-bond donors (Lipinski definition) is 1. The lowest BCUT2D eigenvalue weighted by molar-refractivity contribution is -0.148. The number of fused-ring (bicyclic) bond motifs is 1. The van der Waals surface area contributed by atoms with Crippen LogP contribution in [-0.4, -0.2) is 45.1 Å². The fourth-order valence-electron chi connectivity index (χ4n) is 3.70. The van der Waals surface area contributed by atoms with E-state index < -0.39 is 29.5 Å². The third-order valence-corrected chi connectivity index (χ3v) is 4.59. The molecule has 1 amide bonds. The predicted molar refractivity (Wildman–Crippen MR) is 71.0 cm³/mol. The molecule has 2 bridgehead atoms. The predicted octanol–water partition coefficient (Wildman–Crippen LogP) is 0.448. The number of nitrogens with zero attached hydrogens (tertiary/aromatic N) is 2.